The smallest absolute Gasteiger partial charge is 0.0613 e. The molecule has 2 nitrogen and oxygen atoms in total. The summed E-state index contributed by atoms with van der Waals surface area (Å²) in [7, 11) is 1.95. The van der Waals surface area contributed by atoms with Crippen LogP contribution < -0.4 is 5.32 Å². The Labute approximate surface area is 106 Å². The van der Waals surface area contributed by atoms with Gasteiger partial charge in [-0.25, -0.2) is 0 Å². The molecule has 0 aliphatic rings. The molecule has 0 spiro atoms. The molecular formula is C13H29NOS. The van der Waals surface area contributed by atoms with Crippen LogP contribution in [0.3, 0.4) is 0 Å². The summed E-state index contributed by atoms with van der Waals surface area (Å²) in [5, 5.41) is 12.7. The number of thioether (sulfide) groups is 1. The van der Waals surface area contributed by atoms with Gasteiger partial charge in [-0.15, -0.1) is 0 Å². The van der Waals surface area contributed by atoms with Crippen LogP contribution in [-0.2, 0) is 0 Å². The molecule has 0 aromatic rings. The first-order valence-electron chi connectivity index (χ1n) is 6.51. The summed E-state index contributed by atoms with van der Waals surface area (Å²) in [4.78, 5) is 0. The summed E-state index contributed by atoms with van der Waals surface area (Å²) < 4.78 is 0. The normalized spacial score (nSPS) is 17.1. The Hall–Kier alpha value is 0.270. The first-order valence-corrected chi connectivity index (χ1v) is 7.67. The molecule has 0 rings (SSSR count). The summed E-state index contributed by atoms with van der Waals surface area (Å²) in [6.45, 7) is 6.94. The Morgan fingerprint density at radius 2 is 2.06 bits per heavy atom. The Kier molecular flexibility index (Phi) is 9.47. The van der Waals surface area contributed by atoms with E-state index in [1.165, 1.54) is 24.3 Å². The molecular weight excluding hydrogens is 218 g/mol. The van der Waals surface area contributed by atoms with Gasteiger partial charge in [0.05, 0.1) is 6.61 Å². The Morgan fingerprint density at radius 3 is 2.50 bits per heavy atom. The second-order valence-corrected chi connectivity index (χ2v) is 5.88. The van der Waals surface area contributed by atoms with Crippen molar-refractivity contribution in [3.05, 3.63) is 0 Å². The third kappa shape index (κ3) is 6.12. The summed E-state index contributed by atoms with van der Waals surface area (Å²) >= 11 is 2.05. The average Bonchev–Trinajstić information content (AvgIpc) is 2.34. The molecule has 0 radical (unpaired) electrons. The highest BCUT2D eigenvalue weighted by atomic mass is 32.2. The molecule has 0 aromatic carbocycles. The van der Waals surface area contributed by atoms with Gasteiger partial charge < -0.3 is 10.4 Å². The minimum atomic E-state index is -0.0447. The first kappa shape index (κ1) is 16.3. The Morgan fingerprint density at radius 1 is 1.38 bits per heavy atom. The van der Waals surface area contributed by atoms with Crippen molar-refractivity contribution >= 4 is 11.8 Å². The second-order valence-electron chi connectivity index (χ2n) is 4.73. The van der Waals surface area contributed by atoms with Gasteiger partial charge in [0.2, 0.25) is 0 Å². The van der Waals surface area contributed by atoms with Crippen LogP contribution in [0.2, 0.25) is 0 Å². The maximum atomic E-state index is 9.39. The number of likely N-dealkylation sites (N-methyl/N-ethyl adjacent to an activating group) is 1. The average molecular weight is 247 g/mol. The van der Waals surface area contributed by atoms with E-state index in [1.54, 1.807) is 0 Å². The van der Waals surface area contributed by atoms with Gasteiger partial charge in [0.1, 0.15) is 0 Å². The van der Waals surface area contributed by atoms with Crippen LogP contribution in [0.1, 0.15) is 46.5 Å². The largest absolute Gasteiger partial charge is 0.394 e. The zero-order valence-electron chi connectivity index (χ0n) is 11.4. The Balaban J connectivity index is 3.63. The summed E-state index contributed by atoms with van der Waals surface area (Å²) in [6, 6.07) is 0. The lowest BCUT2D eigenvalue weighted by atomic mass is 9.92. The fraction of sp³-hybridized carbons (Fsp3) is 1.00. The van der Waals surface area contributed by atoms with E-state index in [9.17, 15) is 5.11 Å². The van der Waals surface area contributed by atoms with Gasteiger partial charge in [0.25, 0.3) is 0 Å². The van der Waals surface area contributed by atoms with E-state index in [0.29, 0.717) is 0 Å². The van der Waals surface area contributed by atoms with Crippen molar-refractivity contribution in [3.63, 3.8) is 0 Å². The predicted octanol–water partition coefficient (Wildman–Crippen LogP) is 2.91. The fourth-order valence-corrected chi connectivity index (χ4v) is 2.82. The minimum absolute atomic E-state index is 0.0447. The molecule has 0 fully saturated rings. The van der Waals surface area contributed by atoms with Crippen LogP contribution >= 0.6 is 11.8 Å². The summed E-state index contributed by atoms with van der Waals surface area (Å²) in [5.41, 5.74) is -0.0447. The fourth-order valence-electron chi connectivity index (χ4n) is 1.66. The van der Waals surface area contributed by atoms with Crippen LogP contribution in [0, 0.1) is 5.92 Å². The van der Waals surface area contributed by atoms with Gasteiger partial charge in [-0.05, 0) is 43.7 Å². The highest BCUT2D eigenvalue weighted by Crippen LogP contribution is 2.19. The van der Waals surface area contributed by atoms with E-state index in [2.05, 4.69) is 26.1 Å². The van der Waals surface area contributed by atoms with E-state index in [4.69, 9.17) is 0 Å². The van der Waals surface area contributed by atoms with Gasteiger partial charge >= 0.3 is 0 Å². The number of aliphatic hydroxyl groups excluding tert-OH is 1. The van der Waals surface area contributed by atoms with Crippen molar-refractivity contribution in [1.82, 2.24) is 5.32 Å². The van der Waals surface area contributed by atoms with Crippen LogP contribution in [-0.4, -0.2) is 35.8 Å². The number of rotatable bonds is 10. The molecule has 0 heterocycles. The molecule has 2 unspecified atom stereocenters. The van der Waals surface area contributed by atoms with Gasteiger partial charge in [0, 0.05) is 5.54 Å². The van der Waals surface area contributed by atoms with Gasteiger partial charge in [-0.2, -0.15) is 11.8 Å². The van der Waals surface area contributed by atoms with Crippen molar-refractivity contribution in [2.24, 2.45) is 5.92 Å². The van der Waals surface area contributed by atoms with Gasteiger partial charge in [0.15, 0.2) is 0 Å². The quantitative estimate of drug-likeness (QED) is 0.582. The van der Waals surface area contributed by atoms with Crippen molar-refractivity contribution < 1.29 is 5.11 Å². The van der Waals surface area contributed by atoms with Crippen molar-refractivity contribution in [2.45, 2.75) is 52.0 Å². The zero-order valence-corrected chi connectivity index (χ0v) is 12.2. The third-order valence-electron chi connectivity index (χ3n) is 3.55. The van der Waals surface area contributed by atoms with Gasteiger partial charge in [-0.1, -0.05) is 27.2 Å². The van der Waals surface area contributed by atoms with Crippen LogP contribution in [0.25, 0.3) is 0 Å². The van der Waals surface area contributed by atoms with Crippen LogP contribution in [0.4, 0.5) is 0 Å². The topological polar surface area (TPSA) is 32.3 Å². The lowest BCUT2D eigenvalue weighted by molar-refractivity contribution is 0.154. The van der Waals surface area contributed by atoms with Crippen LogP contribution in [0.5, 0.6) is 0 Å². The zero-order chi connectivity index (χ0) is 12.4. The summed E-state index contributed by atoms with van der Waals surface area (Å²) in [6.07, 6.45) is 4.54. The molecule has 2 N–H and O–H groups in total. The number of nitrogens with one attached hydrogen (secondary N) is 1. The van der Waals surface area contributed by atoms with E-state index >= 15 is 0 Å². The van der Waals surface area contributed by atoms with E-state index < -0.39 is 0 Å². The molecule has 0 saturated carbocycles. The van der Waals surface area contributed by atoms with Crippen molar-refractivity contribution in [1.29, 1.82) is 0 Å². The molecule has 0 amide bonds. The maximum Gasteiger partial charge on any atom is 0.0613 e. The third-order valence-corrected chi connectivity index (χ3v) is 4.94. The molecule has 3 heteroatoms. The monoisotopic (exact) mass is 247 g/mol. The molecule has 0 aliphatic carbocycles. The van der Waals surface area contributed by atoms with Crippen LogP contribution in [0.15, 0.2) is 0 Å². The standard InChI is InChI=1S/C13H29NOS/c1-5-12(3)10-16-9-7-8-13(6-2,11-15)14-4/h12,14-15H,5-11H2,1-4H3. The summed E-state index contributed by atoms with van der Waals surface area (Å²) in [5.74, 6) is 3.32. The molecule has 0 aliphatic heterocycles. The Bertz CT molecular complexity index is 152. The molecule has 98 valence electrons. The SMILES string of the molecule is CCC(C)CSCCCC(CC)(CO)NC. The maximum absolute atomic E-state index is 9.39. The predicted molar refractivity (Wildman–Crippen MR) is 75.2 cm³/mol. The van der Waals surface area contributed by atoms with Crippen molar-refractivity contribution in [3.8, 4) is 0 Å². The highest BCUT2D eigenvalue weighted by Gasteiger charge is 2.23. The number of hydrogen-bond acceptors (Lipinski definition) is 3. The van der Waals surface area contributed by atoms with Crippen molar-refractivity contribution in [2.75, 3.05) is 25.2 Å². The lowest BCUT2D eigenvalue weighted by Gasteiger charge is -2.30. The second kappa shape index (κ2) is 9.32. The minimum Gasteiger partial charge on any atom is -0.394 e. The molecule has 0 aromatic heterocycles. The molecule has 0 bridgehead atoms. The van der Waals surface area contributed by atoms with E-state index in [-0.39, 0.29) is 12.1 Å². The molecule has 2 atom stereocenters. The molecule has 16 heavy (non-hydrogen) atoms. The highest BCUT2D eigenvalue weighted by molar-refractivity contribution is 7.99. The first-order chi connectivity index (χ1) is 7.64. The molecule has 0 saturated heterocycles. The number of hydrogen-bond donors (Lipinski definition) is 2. The lowest BCUT2D eigenvalue weighted by Crippen LogP contribution is -2.45. The number of aliphatic hydroxyl groups is 1. The van der Waals surface area contributed by atoms with Gasteiger partial charge in [-0.3, -0.25) is 0 Å². The van der Waals surface area contributed by atoms with E-state index in [1.807, 2.05) is 18.8 Å². The van der Waals surface area contributed by atoms with E-state index in [0.717, 1.165) is 18.8 Å².